The maximum Gasteiger partial charge on any atom is 0.338 e. The number of hydrogen-bond acceptors (Lipinski definition) is 8. The van der Waals surface area contributed by atoms with E-state index in [1.165, 1.54) is 17.4 Å². The van der Waals surface area contributed by atoms with Crippen LogP contribution in [0.15, 0.2) is 53.9 Å². The molecule has 2 aromatic carbocycles. The number of hydrogen-bond donors (Lipinski definition) is 1. The summed E-state index contributed by atoms with van der Waals surface area (Å²) in [6.07, 6.45) is 3.15. The van der Waals surface area contributed by atoms with E-state index in [4.69, 9.17) is 4.74 Å². The first-order chi connectivity index (χ1) is 15.1. The number of benzene rings is 2. The number of carbonyl (C=O) groups is 1. The molecule has 1 N–H and O–H groups in total. The van der Waals surface area contributed by atoms with E-state index in [1.54, 1.807) is 17.5 Å². The minimum Gasteiger partial charge on any atom is -0.456 e. The number of nitro benzene ring substituents is 1. The lowest BCUT2D eigenvalue weighted by atomic mass is 10.1. The van der Waals surface area contributed by atoms with Crippen LogP contribution in [0.1, 0.15) is 35.3 Å². The number of anilines is 3. The van der Waals surface area contributed by atoms with Gasteiger partial charge in [0, 0.05) is 30.2 Å². The quantitative estimate of drug-likeness (QED) is 0.310. The summed E-state index contributed by atoms with van der Waals surface area (Å²) in [5.74, 6) is -0.612. The Labute approximate surface area is 183 Å². The Hall–Kier alpha value is -3.46. The smallest absolute Gasteiger partial charge is 0.338 e. The number of rotatable bonds is 7. The van der Waals surface area contributed by atoms with Gasteiger partial charge in [0.2, 0.25) is 0 Å². The number of nitro groups is 1. The maximum absolute atomic E-state index is 12.5. The second-order valence-electron chi connectivity index (χ2n) is 7.22. The van der Waals surface area contributed by atoms with Gasteiger partial charge in [-0.3, -0.25) is 10.1 Å². The van der Waals surface area contributed by atoms with Crippen LogP contribution in [0.3, 0.4) is 0 Å². The molecule has 0 aliphatic carbocycles. The van der Waals surface area contributed by atoms with Crippen LogP contribution < -0.4 is 10.2 Å². The molecule has 0 saturated carbocycles. The fraction of sp³-hybridized carbons (Fsp3) is 0.273. The van der Waals surface area contributed by atoms with Gasteiger partial charge in [-0.2, -0.15) is 0 Å². The molecule has 8 nitrogen and oxygen atoms in total. The summed E-state index contributed by atoms with van der Waals surface area (Å²) in [6.45, 7) is 1.56. The Kier molecular flexibility index (Phi) is 6.42. The van der Waals surface area contributed by atoms with Gasteiger partial charge in [0.1, 0.15) is 12.3 Å². The minimum atomic E-state index is -0.612. The Morgan fingerprint density at radius 2 is 1.94 bits per heavy atom. The van der Waals surface area contributed by atoms with Crippen molar-refractivity contribution in [2.75, 3.05) is 23.3 Å². The summed E-state index contributed by atoms with van der Waals surface area (Å²) in [7, 11) is 0. The largest absolute Gasteiger partial charge is 0.456 e. The average Bonchev–Trinajstić information content (AvgIpc) is 3.25. The molecule has 3 aromatic rings. The lowest BCUT2D eigenvalue weighted by Gasteiger charge is -2.28. The number of nitrogens with one attached hydrogen (secondary N) is 1. The van der Waals surface area contributed by atoms with Crippen molar-refractivity contribution in [3.05, 3.63) is 75.3 Å². The van der Waals surface area contributed by atoms with Gasteiger partial charge >= 0.3 is 5.97 Å². The molecule has 4 rings (SSSR count). The number of esters is 1. The third kappa shape index (κ3) is 5.18. The second-order valence-corrected chi connectivity index (χ2v) is 8.08. The normalized spacial score (nSPS) is 13.6. The van der Waals surface area contributed by atoms with Gasteiger partial charge in [-0.15, -0.1) is 11.3 Å². The molecular formula is C22H22N4O4S. The number of aromatic nitrogens is 1. The van der Waals surface area contributed by atoms with Gasteiger partial charge in [0.05, 0.1) is 16.2 Å². The van der Waals surface area contributed by atoms with E-state index in [9.17, 15) is 14.9 Å². The Morgan fingerprint density at radius 3 is 2.68 bits per heavy atom. The van der Waals surface area contributed by atoms with Crippen LogP contribution in [0.2, 0.25) is 0 Å². The highest BCUT2D eigenvalue weighted by Gasteiger charge is 2.23. The number of para-hydroxylation sites is 1. The number of ether oxygens (including phenoxy) is 1. The zero-order chi connectivity index (χ0) is 21.6. The molecule has 9 heteroatoms. The SMILES string of the molecule is O=C(OCc1csc(Nc2ccccc2)n1)c1ccc(N2CCCCC2)c([N+](=O)[O-])c1. The molecular weight excluding hydrogens is 416 g/mol. The van der Waals surface area contributed by atoms with Crippen LogP contribution in [0.25, 0.3) is 0 Å². The molecule has 1 aliphatic heterocycles. The van der Waals surface area contributed by atoms with Gasteiger partial charge in [-0.25, -0.2) is 9.78 Å². The summed E-state index contributed by atoms with van der Waals surface area (Å²) < 4.78 is 5.34. The van der Waals surface area contributed by atoms with E-state index < -0.39 is 10.9 Å². The minimum absolute atomic E-state index is 0.00647. The van der Waals surface area contributed by atoms with Crippen LogP contribution >= 0.6 is 11.3 Å². The van der Waals surface area contributed by atoms with E-state index in [0.29, 0.717) is 16.5 Å². The van der Waals surface area contributed by atoms with Crippen LogP contribution in [0.5, 0.6) is 0 Å². The molecule has 1 saturated heterocycles. The maximum atomic E-state index is 12.5. The molecule has 2 heterocycles. The van der Waals surface area contributed by atoms with Gasteiger partial charge in [-0.05, 0) is 43.5 Å². The van der Waals surface area contributed by atoms with Crippen molar-refractivity contribution in [2.24, 2.45) is 0 Å². The van der Waals surface area contributed by atoms with Crippen molar-refractivity contribution in [2.45, 2.75) is 25.9 Å². The number of piperidine rings is 1. The highest BCUT2D eigenvalue weighted by atomic mass is 32.1. The van der Waals surface area contributed by atoms with Crippen LogP contribution in [-0.2, 0) is 11.3 Å². The van der Waals surface area contributed by atoms with Crippen molar-refractivity contribution in [3.8, 4) is 0 Å². The van der Waals surface area contributed by atoms with Crippen molar-refractivity contribution in [1.82, 2.24) is 4.98 Å². The molecule has 1 aromatic heterocycles. The second kappa shape index (κ2) is 9.57. The number of thiazole rings is 1. The first kappa shape index (κ1) is 20.8. The van der Waals surface area contributed by atoms with E-state index >= 15 is 0 Å². The molecule has 0 amide bonds. The summed E-state index contributed by atoms with van der Waals surface area (Å²) in [6, 6.07) is 14.2. The average molecular weight is 439 g/mol. The van der Waals surface area contributed by atoms with E-state index in [1.807, 2.05) is 35.2 Å². The van der Waals surface area contributed by atoms with Crippen molar-refractivity contribution >= 4 is 39.5 Å². The van der Waals surface area contributed by atoms with Crippen LogP contribution in [-0.4, -0.2) is 29.0 Å². The van der Waals surface area contributed by atoms with Crippen molar-refractivity contribution in [3.63, 3.8) is 0 Å². The van der Waals surface area contributed by atoms with Gasteiger partial charge in [-0.1, -0.05) is 18.2 Å². The molecule has 160 valence electrons. The standard InChI is InChI=1S/C22H22N4O4S/c27-21(30-14-18-15-31-22(24-18)23-17-7-3-1-4-8-17)16-9-10-19(20(13-16)26(28)29)25-11-5-2-6-12-25/h1,3-4,7-10,13,15H,2,5-6,11-12,14H2,(H,23,24). The van der Waals surface area contributed by atoms with Crippen LogP contribution in [0, 0.1) is 10.1 Å². The number of nitrogens with zero attached hydrogens (tertiary/aromatic N) is 3. The van der Waals surface area contributed by atoms with E-state index in [-0.39, 0.29) is 17.9 Å². The molecule has 31 heavy (non-hydrogen) atoms. The lowest BCUT2D eigenvalue weighted by Crippen LogP contribution is -2.30. The summed E-state index contributed by atoms with van der Waals surface area (Å²) in [5, 5.41) is 17.3. The highest BCUT2D eigenvalue weighted by Crippen LogP contribution is 2.31. The Morgan fingerprint density at radius 1 is 1.16 bits per heavy atom. The van der Waals surface area contributed by atoms with Gasteiger partial charge in [0.25, 0.3) is 5.69 Å². The lowest BCUT2D eigenvalue weighted by molar-refractivity contribution is -0.384. The third-order valence-electron chi connectivity index (χ3n) is 5.03. The third-order valence-corrected chi connectivity index (χ3v) is 5.84. The Bertz CT molecular complexity index is 1060. The fourth-order valence-corrected chi connectivity index (χ4v) is 4.21. The molecule has 1 fully saturated rings. The summed E-state index contributed by atoms with van der Waals surface area (Å²) in [5.41, 5.74) is 2.17. The molecule has 0 atom stereocenters. The molecule has 0 spiro atoms. The predicted octanol–water partition coefficient (Wildman–Crippen LogP) is 5.14. The summed E-state index contributed by atoms with van der Waals surface area (Å²) >= 11 is 1.41. The van der Waals surface area contributed by atoms with Gasteiger partial charge < -0.3 is 15.0 Å². The van der Waals surface area contributed by atoms with Crippen LogP contribution in [0.4, 0.5) is 22.2 Å². The fourth-order valence-electron chi connectivity index (χ4n) is 3.50. The number of carbonyl (C=O) groups excluding carboxylic acids is 1. The van der Waals surface area contributed by atoms with E-state index in [2.05, 4.69) is 10.3 Å². The molecule has 0 bridgehead atoms. The highest BCUT2D eigenvalue weighted by molar-refractivity contribution is 7.13. The monoisotopic (exact) mass is 438 g/mol. The predicted molar refractivity (Wildman–Crippen MR) is 120 cm³/mol. The van der Waals surface area contributed by atoms with Gasteiger partial charge in [0.15, 0.2) is 5.13 Å². The molecule has 0 unspecified atom stereocenters. The van der Waals surface area contributed by atoms with Crippen molar-refractivity contribution < 1.29 is 14.5 Å². The summed E-state index contributed by atoms with van der Waals surface area (Å²) in [4.78, 5) is 30.0. The first-order valence-corrected chi connectivity index (χ1v) is 10.9. The topological polar surface area (TPSA) is 97.6 Å². The zero-order valence-corrected chi connectivity index (χ0v) is 17.6. The Balaban J connectivity index is 1.40. The zero-order valence-electron chi connectivity index (χ0n) is 16.8. The first-order valence-electron chi connectivity index (χ1n) is 10.1. The van der Waals surface area contributed by atoms with Crippen molar-refractivity contribution in [1.29, 1.82) is 0 Å². The van der Waals surface area contributed by atoms with E-state index in [0.717, 1.165) is 38.0 Å². The molecule has 1 aliphatic rings. The molecule has 0 radical (unpaired) electrons.